The van der Waals surface area contributed by atoms with Crippen LogP contribution in [-0.4, -0.2) is 79.7 Å². The van der Waals surface area contributed by atoms with E-state index in [1.165, 1.54) is 0 Å². The Labute approximate surface area is 135 Å². The largest absolute Gasteiger partial charge is 0.478 e. The van der Waals surface area contributed by atoms with E-state index >= 15 is 0 Å². The molecule has 0 aromatic heterocycles. The number of carbonyl (C=O) groups excluding carboxylic acids is 2. The lowest BCUT2D eigenvalue weighted by molar-refractivity contribution is -0.230. The van der Waals surface area contributed by atoms with E-state index in [2.05, 4.69) is 0 Å². The molecule has 3 rings (SSSR count). The van der Waals surface area contributed by atoms with Crippen molar-refractivity contribution in [2.45, 2.75) is 36.5 Å². The standard InChI is InChI=1S/C13H18N2O9/c1-11(22,5-16)8(19)13-10(21)14-12(23,9(20)15-13)6(2-3-24-13)4-7(17)18/h4,8,16,19,22-23H,2-3,5H2,1H3,(H,14,21)(H,15,20)(H,17,18)/b6-4+/t8-,11-,12+,13-/m0/s1. The number of aliphatic hydroxyl groups is 4. The van der Waals surface area contributed by atoms with Crippen molar-refractivity contribution in [1.29, 1.82) is 0 Å². The summed E-state index contributed by atoms with van der Waals surface area (Å²) in [6.07, 6.45) is -1.75. The summed E-state index contributed by atoms with van der Waals surface area (Å²) in [5.41, 5.74) is -7.62. The van der Waals surface area contributed by atoms with Gasteiger partial charge in [0.25, 0.3) is 17.5 Å². The summed E-state index contributed by atoms with van der Waals surface area (Å²) in [6.45, 7) is -0.283. The Morgan fingerprint density at radius 3 is 2.58 bits per heavy atom. The monoisotopic (exact) mass is 346 g/mol. The van der Waals surface area contributed by atoms with Gasteiger partial charge >= 0.3 is 5.97 Å². The first kappa shape index (κ1) is 18.3. The highest BCUT2D eigenvalue weighted by Gasteiger charge is 2.63. The SMILES string of the molecule is C[C@](O)(CO)[C@H](O)[C@@]12NC(=O)[C@@](O)(NC1=O)/C(=C/C(=O)O)CCO2. The Morgan fingerprint density at radius 2 is 2.04 bits per heavy atom. The third-order valence-electron chi connectivity index (χ3n) is 4.02. The number of amides is 2. The van der Waals surface area contributed by atoms with E-state index in [0.29, 0.717) is 6.08 Å². The molecule has 11 nitrogen and oxygen atoms in total. The second-order valence-electron chi connectivity index (χ2n) is 5.88. The molecule has 0 radical (unpaired) electrons. The zero-order valence-corrected chi connectivity index (χ0v) is 12.6. The van der Waals surface area contributed by atoms with Gasteiger partial charge in [0.2, 0.25) is 5.72 Å². The van der Waals surface area contributed by atoms with Crippen molar-refractivity contribution < 1.29 is 44.7 Å². The van der Waals surface area contributed by atoms with Crippen LogP contribution in [0.4, 0.5) is 0 Å². The quantitative estimate of drug-likeness (QED) is 0.250. The summed E-state index contributed by atoms with van der Waals surface area (Å²) < 4.78 is 5.24. The first-order valence-electron chi connectivity index (χ1n) is 6.96. The Morgan fingerprint density at radius 1 is 1.42 bits per heavy atom. The van der Waals surface area contributed by atoms with Crippen molar-refractivity contribution in [1.82, 2.24) is 10.6 Å². The molecule has 3 aliphatic heterocycles. The van der Waals surface area contributed by atoms with E-state index in [4.69, 9.17) is 14.9 Å². The summed E-state index contributed by atoms with van der Waals surface area (Å²) in [4.78, 5) is 35.5. The van der Waals surface area contributed by atoms with Crippen LogP contribution in [0.3, 0.4) is 0 Å². The molecular weight excluding hydrogens is 328 g/mol. The van der Waals surface area contributed by atoms with Gasteiger partial charge in [-0.3, -0.25) is 9.59 Å². The van der Waals surface area contributed by atoms with E-state index < -0.39 is 47.5 Å². The highest BCUT2D eigenvalue weighted by molar-refractivity contribution is 6.03. The number of aliphatic hydroxyl groups excluding tert-OH is 2. The molecule has 3 fully saturated rings. The lowest BCUT2D eigenvalue weighted by Crippen LogP contribution is -2.82. The minimum absolute atomic E-state index is 0.244. The maximum atomic E-state index is 12.4. The Kier molecular flexibility index (Phi) is 4.41. The van der Waals surface area contributed by atoms with Crippen LogP contribution in [0.2, 0.25) is 0 Å². The number of hydrogen-bond acceptors (Lipinski definition) is 8. The topological polar surface area (TPSA) is 186 Å². The second kappa shape index (κ2) is 5.79. The molecule has 4 atom stereocenters. The number of rotatable bonds is 4. The fourth-order valence-electron chi connectivity index (χ4n) is 2.58. The number of carboxylic acid groups (broad SMARTS) is 1. The third-order valence-corrected chi connectivity index (χ3v) is 4.02. The zero-order valence-electron chi connectivity index (χ0n) is 12.6. The Hall–Kier alpha value is -2.05. The predicted octanol–water partition coefficient (Wildman–Crippen LogP) is -3.85. The molecular formula is C13H18N2O9. The smallest absolute Gasteiger partial charge is 0.328 e. The van der Waals surface area contributed by atoms with E-state index in [0.717, 1.165) is 6.92 Å². The van der Waals surface area contributed by atoms with Crippen molar-refractivity contribution >= 4 is 17.8 Å². The van der Waals surface area contributed by atoms with Crippen molar-refractivity contribution in [2.24, 2.45) is 0 Å². The minimum Gasteiger partial charge on any atom is -0.478 e. The van der Waals surface area contributed by atoms with Gasteiger partial charge in [-0.2, -0.15) is 0 Å². The van der Waals surface area contributed by atoms with Gasteiger partial charge in [-0.15, -0.1) is 0 Å². The molecule has 24 heavy (non-hydrogen) atoms. The van der Waals surface area contributed by atoms with Gasteiger partial charge in [0.1, 0.15) is 11.7 Å². The molecule has 134 valence electrons. The summed E-state index contributed by atoms with van der Waals surface area (Å²) in [7, 11) is 0. The second-order valence-corrected chi connectivity index (χ2v) is 5.88. The lowest BCUT2D eigenvalue weighted by Gasteiger charge is -2.49. The first-order chi connectivity index (χ1) is 11.0. The van der Waals surface area contributed by atoms with Crippen LogP contribution in [-0.2, 0) is 19.1 Å². The summed E-state index contributed by atoms with van der Waals surface area (Å²) in [5.74, 6) is -3.90. The molecule has 0 aliphatic carbocycles. The van der Waals surface area contributed by atoms with Gasteiger partial charge in [-0.05, 0) is 13.3 Å². The molecule has 0 aromatic rings. The normalized spacial score (nSPS) is 35.5. The maximum absolute atomic E-state index is 12.4. The molecule has 3 aliphatic rings. The third kappa shape index (κ3) is 2.65. The fraction of sp³-hybridized carbons (Fsp3) is 0.615. The van der Waals surface area contributed by atoms with Crippen LogP contribution in [0.5, 0.6) is 0 Å². The van der Waals surface area contributed by atoms with Gasteiger partial charge in [0.05, 0.1) is 13.2 Å². The highest BCUT2D eigenvalue weighted by Crippen LogP contribution is 2.33. The van der Waals surface area contributed by atoms with Crippen LogP contribution < -0.4 is 10.6 Å². The number of fused-ring (bicyclic) bond motifs is 5. The van der Waals surface area contributed by atoms with Crippen LogP contribution in [0.15, 0.2) is 11.6 Å². The van der Waals surface area contributed by atoms with Crippen LogP contribution in [0, 0.1) is 0 Å². The highest BCUT2D eigenvalue weighted by atomic mass is 16.5. The number of piperazine rings is 1. The average Bonchev–Trinajstić information content (AvgIpc) is 2.49. The molecule has 7 N–H and O–H groups in total. The van der Waals surface area contributed by atoms with Crippen molar-refractivity contribution in [2.75, 3.05) is 13.2 Å². The molecule has 3 saturated heterocycles. The molecule has 0 unspecified atom stereocenters. The first-order valence-corrected chi connectivity index (χ1v) is 6.96. The molecule has 3 heterocycles. The summed E-state index contributed by atoms with van der Waals surface area (Å²) >= 11 is 0. The van der Waals surface area contributed by atoms with Gasteiger partial charge < -0.3 is 40.9 Å². The van der Waals surface area contributed by atoms with Crippen LogP contribution >= 0.6 is 0 Å². The number of hydrogen-bond donors (Lipinski definition) is 7. The minimum atomic E-state index is -2.63. The number of ether oxygens (including phenoxy) is 1. The van der Waals surface area contributed by atoms with Crippen molar-refractivity contribution in [3.05, 3.63) is 11.6 Å². The number of nitrogens with one attached hydrogen (secondary N) is 2. The summed E-state index contributed by atoms with van der Waals surface area (Å²) in [5, 5.41) is 52.6. The van der Waals surface area contributed by atoms with E-state index in [9.17, 15) is 29.7 Å². The number of carbonyl (C=O) groups is 3. The molecule has 0 spiro atoms. The summed E-state index contributed by atoms with van der Waals surface area (Å²) in [6, 6.07) is 0. The van der Waals surface area contributed by atoms with E-state index in [-0.39, 0.29) is 18.6 Å². The van der Waals surface area contributed by atoms with Gasteiger partial charge in [-0.25, -0.2) is 4.79 Å². The number of aliphatic carboxylic acids is 1. The van der Waals surface area contributed by atoms with Crippen LogP contribution in [0.25, 0.3) is 0 Å². The van der Waals surface area contributed by atoms with Crippen LogP contribution in [0.1, 0.15) is 13.3 Å². The Balaban J connectivity index is 2.49. The van der Waals surface area contributed by atoms with Crippen molar-refractivity contribution in [3.8, 4) is 0 Å². The molecule has 2 bridgehead atoms. The Bertz CT molecular complexity index is 617. The molecule has 11 heteroatoms. The molecule has 0 saturated carbocycles. The number of carboxylic acids is 1. The van der Waals surface area contributed by atoms with Crippen molar-refractivity contribution in [3.63, 3.8) is 0 Å². The van der Waals surface area contributed by atoms with E-state index in [1.54, 1.807) is 0 Å². The predicted molar refractivity (Wildman–Crippen MR) is 74.0 cm³/mol. The average molecular weight is 346 g/mol. The van der Waals surface area contributed by atoms with Gasteiger partial charge in [-0.1, -0.05) is 0 Å². The van der Waals surface area contributed by atoms with E-state index in [1.807, 2.05) is 10.6 Å². The fourth-order valence-corrected chi connectivity index (χ4v) is 2.58. The molecule has 2 amide bonds. The lowest BCUT2D eigenvalue weighted by atomic mass is 9.84. The maximum Gasteiger partial charge on any atom is 0.328 e. The zero-order chi connectivity index (χ0) is 18.3. The molecule has 0 aromatic carbocycles. The van der Waals surface area contributed by atoms with Gasteiger partial charge in [0.15, 0.2) is 0 Å². The van der Waals surface area contributed by atoms with Gasteiger partial charge in [0, 0.05) is 11.6 Å².